The molecule has 97 heavy (non-hydrogen) atoms. The van der Waals surface area contributed by atoms with Crippen molar-refractivity contribution in [3.63, 3.8) is 0 Å². The van der Waals surface area contributed by atoms with Gasteiger partial charge in [-0.15, -0.1) is 0 Å². The van der Waals surface area contributed by atoms with Gasteiger partial charge in [0.2, 0.25) is 0 Å². The van der Waals surface area contributed by atoms with E-state index in [1.165, 1.54) is 186 Å². The van der Waals surface area contributed by atoms with Crippen LogP contribution in [-0.2, 0) is 33.3 Å². The summed E-state index contributed by atoms with van der Waals surface area (Å²) in [5.74, 6) is -2.28. The lowest BCUT2D eigenvalue weighted by Gasteiger charge is -2.26. The molecule has 0 fully saturated rings. The number of carbonyl (C=O) groups is 3. The average Bonchev–Trinajstić information content (AvgIpc) is 2.39. The van der Waals surface area contributed by atoms with E-state index in [1.54, 1.807) is 0 Å². The van der Waals surface area contributed by atoms with Gasteiger partial charge in [0.05, 0.1) is 40.3 Å². The van der Waals surface area contributed by atoms with Crippen LogP contribution >= 0.6 is 0 Å². The second-order valence-corrected chi connectivity index (χ2v) is 27.6. The maximum absolute atomic E-state index is 13.0. The first-order valence-electron chi connectivity index (χ1n) is 40.0. The SMILES string of the molecule is CC/C=C\C/C=C\C/C=C\C/C=C\C/C=C\C/C=C\C/C=C\C/C=C\C/C=C\CCCCCCCCCCCCCC(=O)OC(COC(=O)CCCCCCCCCCCCCCCCCCCC/C=C\C/C=C\C/C=C\CCCCCCC)COC(OCC[N+](C)(C)C)C(=O)[O-]. The van der Waals surface area contributed by atoms with E-state index < -0.39 is 24.3 Å². The third kappa shape index (κ3) is 78.4. The first-order chi connectivity index (χ1) is 47.6. The molecular weight excluding hydrogens is 1200 g/mol. The van der Waals surface area contributed by atoms with Crippen LogP contribution in [-0.4, -0.2) is 82.3 Å². The fraction of sp³-hybridized carbons (Fsp3) is 0.693. The van der Waals surface area contributed by atoms with Crippen molar-refractivity contribution in [3.8, 4) is 0 Å². The summed E-state index contributed by atoms with van der Waals surface area (Å²) < 4.78 is 22.9. The van der Waals surface area contributed by atoms with Crippen molar-refractivity contribution in [3.05, 3.63) is 146 Å². The van der Waals surface area contributed by atoms with Crippen LogP contribution in [0.4, 0.5) is 0 Å². The highest BCUT2D eigenvalue weighted by atomic mass is 16.7. The van der Waals surface area contributed by atoms with E-state index in [0.29, 0.717) is 17.4 Å². The van der Waals surface area contributed by atoms with Crippen LogP contribution in [0.5, 0.6) is 0 Å². The number of hydrogen-bond acceptors (Lipinski definition) is 8. The second kappa shape index (κ2) is 76.9. The molecule has 0 N–H and O–H groups in total. The van der Waals surface area contributed by atoms with Gasteiger partial charge in [-0.25, -0.2) is 0 Å². The topological polar surface area (TPSA) is 111 Å². The highest BCUT2D eigenvalue weighted by Gasteiger charge is 2.22. The second-order valence-electron chi connectivity index (χ2n) is 27.6. The molecular formula is C88H149NO8. The minimum Gasteiger partial charge on any atom is -0.545 e. The summed E-state index contributed by atoms with van der Waals surface area (Å²) in [5, 5.41) is 11.9. The number of allylic oxidation sites excluding steroid dienone is 24. The lowest BCUT2D eigenvalue weighted by Crippen LogP contribution is -2.44. The molecule has 0 aromatic heterocycles. The van der Waals surface area contributed by atoms with E-state index in [9.17, 15) is 19.5 Å². The summed E-state index contributed by atoms with van der Waals surface area (Å²) in [7, 11) is 5.93. The molecule has 0 bridgehead atoms. The summed E-state index contributed by atoms with van der Waals surface area (Å²) in [6.07, 6.45) is 110. The van der Waals surface area contributed by atoms with E-state index in [4.69, 9.17) is 18.9 Å². The smallest absolute Gasteiger partial charge is 0.306 e. The van der Waals surface area contributed by atoms with Gasteiger partial charge in [0.1, 0.15) is 13.2 Å². The normalized spacial score (nSPS) is 13.5. The van der Waals surface area contributed by atoms with Gasteiger partial charge in [-0.2, -0.15) is 0 Å². The zero-order chi connectivity index (χ0) is 70.4. The molecule has 9 nitrogen and oxygen atoms in total. The summed E-state index contributed by atoms with van der Waals surface area (Å²) in [4.78, 5) is 37.6. The number of nitrogens with zero attached hydrogens (tertiary/aromatic N) is 1. The molecule has 2 atom stereocenters. The summed E-state index contributed by atoms with van der Waals surface area (Å²) in [6.45, 7) is 4.64. The Hall–Kier alpha value is -4.83. The lowest BCUT2D eigenvalue weighted by atomic mass is 10.0. The molecule has 0 saturated heterocycles. The molecule has 9 heteroatoms. The van der Waals surface area contributed by atoms with Crippen LogP contribution in [0.1, 0.15) is 335 Å². The van der Waals surface area contributed by atoms with E-state index in [2.05, 4.69) is 160 Å². The van der Waals surface area contributed by atoms with Gasteiger partial charge < -0.3 is 33.3 Å². The van der Waals surface area contributed by atoms with Crippen LogP contribution in [0.15, 0.2) is 146 Å². The fourth-order valence-corrected chi connectivity index (χ4v) is 11.0. The third-order valence-electron chi connectivity index (χ3n) is 17.1. The van der Waals surface area contributed by atoms with Crippen LogP contribution in [0.3, 0.4) is 0 Å². The van der Waals surface area contributed by atoms with Gasteiger partial charge in [-0.1, -0.05) is 346 Å². The van der Waals surface area contributed by atoms with Gasteiger partial charge in [-0.3, -0.25) is 9.59 Å². The Morgan fingerprint density at radius 3 is 0.876 bits per heavy atom. The minimum absolute atomic E-state index is 0.142. The van der Waals surface area contributed by atoms with Crippen molar-refractivity contribution in [1.82, 2.24) is 0 Å². The Bertz CT molecular complexity index is 2110. The number of carbonyl (C=O) groups excluding carboxylic acids is 3. The van der Waals surface area contributed by atoms with Crippen molar-refractivity contribution in [2.75, 3.05) is 47.5 Å². The highest BCUT2D eigenvalue weighted by molar-refractivity contribution is 5.70. The Morgan fingerprint density at radius 1 is 0.320 bits per heavy atom. The quantitative estimate of drug-likeness (QED) is 0.0195. The molecule has 0 aliphatic carbocycles. The average molecular weight is 1350 g/mol. The summed E-state index contributed by atoms with van der Waals surface area (Å²) in [6, 6.07) is 0. The van der Waals surface area contributed by atoms with Crippen molar-refractivity contribution in [2.45, 2.75) is 347 Å². The van der Waals surface area contributed by atoms with Gasteiger partial charge >= 0.3 is 11.9 Å². The monoisotopic (exact) mass is 1350 g/mol. The van der Waals surface area contributed by atoms with Crippen LogP contribution in [0, 0.1) is 0 Å². The van der Waals surface area contributed by atoms with E-state index >= 15 is 0 Å². The molecule has 0 aromatic carbocycles. The molecule has 0 amide bonds. The Kier molecular flexibility index (Phi) is 73.1. The van der Waals surface area contributed by atoms with Gasteiger partial charge in [-0.05, 0) is 122 Å². The summed E-state index contributed by atoms with van der Waals surface area (Å²) in [5.41, 5.74) is 0. The lowest BCUT2D eigenvalue weighted by molar-refractivity contribution is -0.870. The number of rotatable bonds is 73. The maximum Gasteiger partial charge on any atom is 0.306 e. The molecule has 0 radical (unpaired) electrons. The molecule has 554 valence electrons. The zero-order valence-electron chi connectivity index (χ0n) is 63.4. The van der Waals surface area contributed by atoms with Gasteiger partial charge in [0.15, 0.2) is 12.4 Å². The van der Waals surface area contributed by atoms with Crippen molar-refractivity contribution < 1.29 is 42.9 Å². The number of carboxylic acids is 1. The minimum atomic E-state index is -1.63. The van der Waals surface area contributed by atoms with Crippen LogP contribution < -0.4 is 5.11 Å². The molecule has 0 aliphatic heterocycles. The maximum atomic E-state index is 13.0. The van der Waals surface area contributed by atoms with Crippen LogP contribution in [0.2, 0.25) is 0 Å². The number of aliphatic carboxylic acids is 1. The van der Waals surface area contributed by atoms with Gasteiger partial charge in [0.25, 0.3) is 0 Å². The molecule has 0 aromatic rings. The van der Waals surface area contributed by atoms with E-state index in [-0.39, 0.29) is 38.6 Å². The number of likely N-dealkylation sites (N-methyl/N-ethyl adjacent to an activating group) is 1. The molecule has 0 rings (SSSR count). The molecule has 0 aliphatic rings. The number of quaternary nitrogens is 1. The van der Waals surface area contributed by atoms with Crippen molar-refractivity contribution in [2.24, 2.45) is 0 Å². The standard InChI is InChI=1S/C88H149NO8/c1-6-8-10-12-14-16-18-20-22-24-26-28-30-32-34-36-38-40-41-42-43-44-45-47-49-51-53-55-57-59-61-63-65-67-69-71-73-75-77-79-86(91)97-84(83-96-88(87(92)93)94-81-80-89(3,4)5)82-95-85(90)78-76-74-72-70-68-66-64-62-60-58-56-54-52-50-48-46-39-37-35-33-31-29-27-25-23-21-19-17-15-13-11-9-7-2/h8,10,14,16,19-22,25-28,31-34,38,40,42-43,45,47,51,53,84,88H,6-7,9,11-13,15,17-18,23-24,29-30,35-37,39,41,44,46,48-50,52,54-83H2,1-5H3/b10-8-,16-14-,21-19-,22-20-,27-25-,28-26-,33-31-,34-32-,40-38-,43-42-,47-45-,53-51-. The Balaban J connectivity index is 4.08. The number of unbranched alkanes of at least 4 members (excludes halogenated alkanes) is 34. The first kappa shape index (κ1) is 92.2. The predicted octanol–water partition coefficient (Wildman–Crippen LogP) is 24.5. The zero-order valence-corrected chi connectivity index (χ0v) is 63.4. The van der Waals surface area contributed by atoms with E-state index in [0.717, 1.165) is 116 Å². The van der Waals surface area contributed by atoms with Crippen molar-refractivity contribution >= 4 is 17.9 Å². The Morgan fingerprint density at radius 2 is 0.588 bits per heavy atom. The van der Waals surface area contributed by atoms with E-state index in [1.807, 2.05) is 21.1 Å². The predicted molar refractivity (Wildman–Crippen MR) is 416 cm³/mol. The first-order valence-corrected chi connectivity index (χ1v) is 40.0. The number of hydrogen-bond donors (Lipinski definition) is 0. The molecule has 0 heterocycles. The molecule has 2 unspecified atom stereocenters. The number of esters is 2. The van der Waals surface area contributed by atoms with Crippen molar-refractivity contribution in [1.29, 1.82) is 0 Å². The van der Waals surface area contributed by atoms with Crippen LogP contribution in [0.25, 0.3) is 0 Å². The third-order valence-corrected chi connectivity index (χ3v) is 17.1. The molecule has 0 spiro atoms. The van der Waals surface area contributed by atoms with Gasteiger partial charge in [0, 0.05) is 12.8 Å². The Labute approximate surface area is 598 Å². The largest absolute Gasteiger partial charge is 0.545 e. The number of carboxylic acid groups (broad SMARTS) is 1. The molecule has 0 saturated carbocycles. The highest BCUT2D eigenvalue weighted by Crippen LogP contribution is 2.18. The number of ether oxygens (including phenoxy) is 4. The summed E-state index contributed by atoms with van der Waals surface area (Å²) >= 11 is 0. The fourth-order valence-electron chi connectivity index (χ4n) is 11.0.